The number of esters is 2. The Hall–Kier alpha value is -8.95. The molecular formula is C43H34O22. The number of rotatable bonds is 10. The molecule has 0 aliphatic carbocycles. The zero-order valence-corrected chi connectivity index (χ0v) is 32.8. The van der Waals surface area contributed by atoms with Gasteiger partial charge < -0.3 is 85.3 Å². The molecule has 5 unspecified atom stereocenters. The fourth-order valence-electron chi connectivity index (χ4n) is 7.65. The van der Waals surface area contributed by atoms with E-state index in [-0.39, 0.29) is 22.6 Å². The highest BCUT2D eigenvalue weighted by Gasteiger charge is 2.45. The summed E-state index contributed by atoms with van der Waals surface area (Å²) in [5, 5.41) is 134. The summed E-state index contributed by atoms with van der Waals surface area (Å²) >= 11 is 0. The van der Waals surface area contributed by atoms with Gasteiger partial charge in [-0.05, 0) is 35.9 Å². The molecule has 0 fully saturated rings. The van der Waals surface area contributed by atoms with Crippen molar-refractivity contribution in [1.82, 2.24) is 0 Å². The van der Waals surface area contributed by atoms with E-state index in [0.717, 1.165) is 42.5 Å². The first-order valence-corrected chi connectivity index (χ1v) is 18.8. The quantitative estimate of drug-likeness (QED) is 0.0706. The largest absolute Gasteiger partial charge is 0.508 e. The Bertz CT molecular complexity index is 2840. The van der Waals surface area contributed by atoms with Gasteiger partial charge in [-0.1, -0.05) is 6.07 Å². The number of benzene rings is 4. The number of hydrogen-bond donors (Lipinski definition) is 13. The van der Waals surface area contributed by atoms with Crippen LogP contribution in [0.4, 0.5) is 0 Å². The summed E-state index contributed by atoms with van der Waals surface area (Å²) in [6.45, 7) is 0. The molecule has 5 aromatic rings. The van der Waals surface area contributed by atoms with Crippen LogP contribution in [0, 0.1) is 0 Å². The predicted molar refractivity (Wildman–Crippen MR) is 212 cm³/mol. The number of phenolic OH excluding ortho intramolecular Hbond substituents is 10. The number of aromatic hydroxyl groups is 11. The van der Waals surface area contributed by atoms with Crippen molar-refractivity contribution in [2.75, 3.05) is 0 Å². The van der Waals surface area contributed by atoms with Gasteiger partial charge in [0.25, 0.3) is 0 Å². The van der Waals surface area contributed by atoms with Crippen LogP contribution in [0.3, 0.4) is 0 Å². The molecule has 2 heterocycles. The van der Waals surface area contributed by atoms with E-state index in [2.05, 4.69) is 0 Å². The molecule has 338 valence electrons. The predicted octanol–water partition coefficient (Wildman–Crippen LogP) is 3.20. The molecule has 0 bridgehead atoms. The van der Waals surface area contributed by atoms with Crippen LogP contribution in [0.1, 0.15) is 71.8 Å². The molecule has 7 rings (SSSR count). The number of phenols is 10. The van der Waals surface area contributed by atoms with E-state index >= 15 is 0 Å². The van der Waals surface area contributed by atoms with Crippen molar-refractivity contribution in [2.24, 2.45) is 0 Å². The fraction of sp³-hybridized carbons (Fsp3) is 0.186. The summed E-state index contributed by atoms with van der Waals surface area (Å²) < 4.78 is 23.6. The summed E-state index contributed by atoms with van der Waals surface area (Å²) in [5.41, 5.74) is -5.14. The molecule has 0 aromatic heterocycles. The van der Waals surface area contributed by atoms with Gasteiger partial charge in [0.1, 0.15) is 58.4 Å². The van der Waals surface area contributed by atoms with Crippen molar-refractivity contribution < 1.29 is 105 Å². The van der Waals surface area contributed by atoms with Crippen LogP contribution in [0.25, 0.3) is 0 Å². The number of carboxylic acids is 2. The third-order valence-electron chi connectivity index (χ3n) is 10.6. The Morgan fingerprint density at radius 2 is 1.03 bits per heavy atom. The van der Waals surface area contributed by atoms with Gasteiger partial charge in [0.2, 0.25) is 5.43 Å². The number of carboxylic acid groups (broad SMARTS) is 2. The summed E-state index contributed by atoms with van der Waals surface area (Å²) in [7, 11) is 0. The fourth-order valence-corrected chi connectivity index (χ4v) is 7.65. The van der Waals surface area contributed by atoms with Crippen LogP contribution in [-0.2, 0) is 27.1 Å². The second-order valence-corrected chi connectivity index (χ2v) is 14.9. The summed E-state index contributed by atoms with van der Waals surface area (Å²) in [4.78, 5) is 66.7. The van der Waals surface area contributed by atoms with Gasteiger partial charge in [-0.3, -0.25) is 9.59 Å². The third kappa shape index (κ3) is 8.49. The molecule has 0 radical (unpaired) electrons. The lowest BCUT2D eigenvalue weighted by Crippen LogP contribution is -2.45. The van der Waals surface area contributed by atoms with Crippen LogP contribution in [0.15, 0.2) is 65.5 Å². The van der Waals surface area contributed by atoms with Crippen molar-refractivity contribution in [2.45, 2.75) is 49.6 Å². The van der Waals surface area contributed by atoms with Crippen molar-refractivity contribution in [3.05, 3.63) is 110 Å². The van der Waals surface area contributed by atoms with Gasteiger partial charge >= 0.3 is 23.9 Å². The van der Waals surface area contributed by atoms with Crippen molar-refractivity contribution >= 4 is 23.9 Å². The molecule has 5 aromatic carbocycles. The maximum absolute atomic E-state index is 13.7. The average Bonchev–Trinajstić information content (AvgIpc) is 3.35. The lowest BCUT2D eigenvalue weighted by atomic mass is 9.81. The zero-order chi connectivity index (χ0) is 47.3. The molecule has 0 amide bonds. The maximum atomic E-state index is 13.7. The Balaban J connectivity index is 1.42. The van der Waals surface area contributed by atoms with Crippen molar-refractivity contribution in [3.8, 4) is 74.7 Å². The summed E-state index contributed by atoms with van der Waals surface area (Å²) in [6.07, 6.45) is -9.34. The second kappa shape index (κ2) is 16.7. The van der Waals surface area contributed by atoms with E-state index in [1.54, 1.807) is 0 Å². The number of carbonyl (C=O) groups excluding carboxylic acids is 2. The van der Waals surface area contributed by atoms with Gasteiger partial charge in [-0.25, -0.2) is 14.4 Å². The van der Waals surface area contributed by atoms with E-state index in [0.29, 0.717) is 18.2 Å². The van der Waals surface area contributed by atoms with Gasteiger partial charge in [-0.15, -0.1) is 0 Å². The molecule has 22 nitrogen and oxygen atoms in total. The third-order valence-corrected chi connectivity index (χ3v) is 10.6. The molecule has 13 N–H and O–H groups in total. The number of hydrogen-bond acceptors (Lipinski definition) is 20. The maximum Gasteiger partial charge on any atom is 0.339 e. The first kappa shape index (κ1) is 44.1. The van der Waals surface area contributed by atoms with Gasteiger partial charge in [-0.2, -0.15) is 0 Å². The molecule has 0 saturated carbocycles. The highest BCUT2D eigenvalue weighted by atomic mass is 16.6. The minimum absolute atomic E-state index is 0.0744. The van der Waals surface area contributed by atoms with Crippen LogP contribution >= 0.6 is 0 Å². The minimum Gasteiger partial charge on any atom is -0.508 e. The molecular weight excluding hydrogens is 868 g/mol. The number of aliphatic carboxylic acids is 1. The Morgan fingerprint density at radius 3 is 1.51 bits per heavy atom. The number of fused-ring (bicyclic) bond motifs is 2. The van der Waals surface area contributed by atoms with E-state index in [1.807, 2.05) is 0 Å². The van der Waals surface area contributed by atoms with Gasteiger partial charge in [0.15, 0.2) is 46.4 Å². The first-order chi connectivity index (χ1) is 30.6. The normalized spacial score (nSPS) is 17.8. The highest BCUT2D eigenvalue weighted by Crippen LogP contribution is 2.47. The van der Waals surface area contributed by atoms with E-state index < -0.39 is 170 Å². The van der Waals surface area contributed by atoms with Crippen LogP contribution < -0.4 is 14.9 Å². The molecule has 2 aliphatic heterocycles. The van der Waals surface area contributed by atoms with Crippen LogP contribution in [0.2, 0.25) is 0 Å². The number of aromatic carboxylic acids is 1. The lowest BCUT2D eigenvalue weighted by molar-refractivity contribution is -0.138. The summed E-state index contributed by atoms with van der Waals surface area (Å²) in [5.74, 6) is -18.4. The first-order valence-electron chi connectivity index (χ1n) is 18.8. The highest BCUT2D eigenvalue weighted by molar-refractivity contribution is 5.94. The topological polar surface area (TPSA) is 385 Å². The Kier molecular flexibility index (Phi) is 11.4. The SMILES string of the molecule is O=C(O)CC(c1cc(C2Oc3cc(O)cc(O)c3CC2OC(=O)c2cc(O)c(O)c(O)c2)cc(=O)c(O)c1C(=O)O)C1Oc2cc(O)cc(O)c2CC1OC(=O)c1cc(O)c(O)c(O)c1. The molecule has 0 saturated heterocycles. The van der Waals surface area contributed by atoms with Crippen LogP contribution in [-0.4, -0.2) is 109 Å². The van der Waals surface area contributed by atoms with Gasteiger partial charge in [0.05, 0.1) is 17.5 Å². The Morgan fingerprint density at radius 1 is 0.569 bits per heavy atom. The molecule has 22 heteroatoms. The van der Waals surface area contributed by atoms with Crippen molar-refractivity contribution in [1.29, 1.82) is 0 Å². The molecule has 0 spiro atoms. The minimum atomic E-state index is -2.01. The smallest absolute Gasteiger partial charge is 0.339 e. The molecule has 65 heavy (non-hydrogen) atoms. The zero-order valence-electron chi connectivity index (χ0n) is 32.8. The van der Waals surface area contributed by atoms with Gasteiger partial charge in [0, 0.05) is 59.7 Å². The lowest BCUT2D eigenvalue weighted by Gasteiger charge is -2.38. The number of carbonyl (C=O) groups is 4. The Labute approximate surface area is 362 Å². The van der Waals surface area contributed by atoms with E-state index in [1.165, 1.54) is 0 Å². The van der Waals surface area contributed by atoms with Crippen molar-refractivity contribution in [3.63, 3.8) is 0 Å². The average molecular weight is 903 g/mol. The van der Waals surface area contributed by atoms with E-state index in [4.69, 9.17) is 18.9 Å². The number of ether oxygens (including phenoxy) is 4. The molecule has 2 aliphatic rings. The second-order valence-electron chi connectivity index (χ2n) is 14.9. The standard InChI is InChI=1S/C43H34O22/c44-17-7-23(46)21-11-32(64-42(60)15-3-25(48)36(55)26(49)4-15)39(62-30(21)9-17)14-1-19(35(41(58)59)38(57)29(52)2-14)20(13-34(53)54)40-33(12-22-24(47)8-18(45)10-31(22)63-40)65-43(61)16-5-27(50)37(56)28(51)6-16/h1-10,20,32-33,39-40,44-51,55-56H,11-13H2,(H,52,57)(H,53,54)(H,58,59). The summed E-state index contributed by atoms with van der Waals surface area (Å²) in [6, 6.07) is 8.19. The molecule has 5 atom stereocenters. The monoisotopic (exact) mass is 902 g/mol. The van der Waals surface area contributed by atoms with E-state index in [9.17, 15) is 90.4 Å². The van der Waals surface area contributed by atoms with Crippen LogP contribution in [0.5, 0.6) is 74.7 Å².